The number of hydrogen-bond donors (Lipinski definition) is 2. The van der Waals surface area contributed by atoms with E-state index in [9.17, 15) is 9.90 Å². The smallest absolute Gasteiger partial charge is 0.248 e. The monoisotopic (exact) mass is 460 g/mol. The molecule has 1 atom stereocenters. The van der Waals surface area contributed by atoms with Crippen LogP contribution >= 0.6 is 0 Å². The summed E-state index contributed by atoms with van der Waals surface area (Å²) in [7, 11) is 3.29. The van der Waals surface area contributed by atoms with Crippen molar-refractivity contribution in [3.05, 3.63) is 94.5 Å². The highest BCUT2D eigenvalue weighted by molar-refractivity contribution is 5.94. The van der Waals surface area contributed by atoms with Crippen molar-refractivity contribution in [1.82, 2.24) is 4.90 Å². The fourth-order valence-electron chi connectivity index (χ4n) is 4.87. The largest absolute Gasteiger partial charge is 0.497 e. The maximum atomic E-state index is 11.8. The van der Waals surface area contributed by atoms with E-state index in [-0.39, 0.29) is 6.04 Å². The maximum Gasteiger partial charge on any atom is 0.248 e. The lowest BCUT2D eigenvalue weighted by atomic mass is 10.00. The topological polar surface area (TPSA) is 85.0 Å². The number of ether oxygens (including phenoxy) is 2. The lowest BCUT2D eigenvalue weighted by molar-refractivity contribution is 0.0828. The zero-order valence-electron chi connectivity index (χ0n) is 19.7. The zero-order chi connectivity index (χ0) is 24.1. The molecule has 0 spiro atoms. The van der Waals surface area contributed by atoms with Gasteiger partial charge in [0.25, 0.3) is 0 Å². The molecule has 0 bridgehead atoms. The van der Waals surface area contributed by atoms with Crippen LogP contribution in [-0.4, -0.2) is 48.8 Å². The zero-order valence-corrected chi connectivity index (χ0v) is 19.7. The lowest BCUT2D eigenvalue weighted by Gasteiger charge is -2.31. The molecule has 0 aromatic heterocycles. The third-order valence-electron chi connectivity index (χ3n) is 6.60. The summed E-state index contributed by atoms with van der Waals surface area (Å²) < 4.78 is 11.0. The number of amides is 1. The molecule has 0 heterocycles. The van der Waals surface area contributed by atoms with Crippen molar-refractivity contribution < 1.29 is 19.4 Å². The number of carbonyl (C=O) groups is 1. The Kier molecular flexibility index (Phi) is 7.50. The van der Waals surface area contributed by atoms with Gasteiger partial charge in [-0.2, -0.15) is 0 Å². The quantitative estimate of drug-likeness (QED) is 0.485. The van der Waals surface area contributed by atoms with Gasteiger partial charge in [-0.05, 0) is 41.7 Å². The highest BCUT2D eigenvalue weighted by Gasteiger charge is 2.29. The first-order valence-electron chi connectivity index (χ1n) is 11.6. The molecule has 1 amide bonds. The summed E-state index contributed by atoms with van der Waals surface area (Å²) in [6, 6.07) is 21.8. The molecule has 3 aromatic rings. The fraction of sp³-hybridized carbons (Fsp3) is 0.321. The van der Waals surface area contributed by atoms with E-state index in [0.29, 0.717) is 25.1 Å². The van der Waals surface area contributed by atoms with Crippen molar-refractivity contribution in [3.8, 4) is 11.5 Å². The Hall–Kier alpha value is -3.35. The van der Waals surface area contributed by atoms with Crippen LogP contribution in [0.15, 0.2) is 66.7 Å². The molecule has 0 saturated carbocycles. The SMILES string of the molecule is COc1ccc(CN(C[C@H](O)Cc2ccccc2C(N)=O)C2Cc3ccccc3C2)c(OC)c1. The molecule has 0 aliphatic heterocycles. The van der Waals surface area contributed by atoms with Gasteiger partial charge in [0.1, 0.15) is 11.5 Å². The van der Waals surface area contributed by atoms with E-state index in [1.54, 1.807) is 26.4 Å². The summed E-state index contributed by atoms with van der Waals surface area (Å²) in [6.45, 7) is 1.08. The van der Waals surface area contributed by atoms with Crippen LogP contribution in [0.1, 0.15) is 32.6 Å². The second-order valence-corrected chi connectivity index (χ2v) is 8.82. The van der Waals surface area contributed by atoms with E-state index in [4.69, 9.17) is 15.2 Å². The van der Waals surface area contributed by atoms with Gasteiger partial charge in [-0.3, -0.25) is 9.69 Å². The summed E-state index contributed by atoms with van der Waals surface area (Å²) in [5.41, 5.74) is 10.5. The van der Waals surface area contributed by atoms with E-state index in [1.807, 2.05) is 30.3 Å². The highest BCUT2D eigenvalue weighted by Crippen LogP contribution is 2.30. The third kappa shape index (κ3) is 5.41. The van der Waals surface area contributed by atoms with Crippen LogP contribution in [0.5, 0.6) is 11.5 Å². The Labute approximate surface area is 200 Å². The summed E-state index contributed by atoms with van der Waals surface area (Å²) >= 11 is 0. The number of fused-ring (bicyclic) bond motifs is 1. The standard InChI is InChI=1S/C28H32N2O4/c1-33-25-12-11-22(27(16-25)34-2)17-30(23-13-19-7-3-4-8-20(19)14-23)18-24(31)15-21-9-5-6-10-26(21)28(29)32/h3-12,16,23-24,31H,13-15,17-18H2,1-2H3,(H2,29,32)/t24-/m1/s1. The van der Waals surface area contributed by atoms with E-state index in [1.165, 1.54) is 11.1 Å². The molecule has 1 aliphatic rings. The molecule has 0 saturated heterocycles. The number of nitrogens with two attached hydrogens (primary N) is 1. The number of methoxy groups -OCH3 is 2. The first-order chi connectivity index (χ1) is 16.5. The highest BCUT2D eigenvalue weighted by atomic mass is 16.5. The predicted octanol–water partition coefficient (Wildman–Crippen LogP) is 3.38. The Balaban J connectivity index is 1.57. The number of rotatable bonds is 10. The van der Waals surface area contributed by atoms with Crippen molar-refractivity contribution in [3.63, 3.8) is 0 Å². The van der Waals surface area contributed by atoms with Crippen LogP contribution in [0.2, 0.25) is 0 Å². The van der Waals surface area contributed by atoms with Gasteiger partial charge in [0.05, 0.1) is 20.3 Å². The second kappa shape index (κ2) is 10.7. The van der Waals surface area contributed by atoms with Crippen LogP contribution in [0.4, 0.5) is 0 Å². The van der Waals surface area contributed by atoms with Crippen LogP contribution in [0.25, 0.3) is 0 Å². The van der Waals surface area contributed by atoms with Gasteiger partial charge in [-0.25, -0.2) is 0 Å². The predicted molar refractivity (Wildman–Crippen MR) is 132 cm³/mol. The Morgan fingerprint density at radius 2 is 1.68 bits per heavy atom. The number of benzene rings is 3. The van der Waals surface area contributed by atoms with E-state index in [0.717, 1.165) is 35.5 Å². The molecule has 0 unspecified atom stereocenters. The molecular formula is C28H32N2O4. The minimum Gasteiger partial charge on any atom is -0.497 e. The summed E-state index contributed by atoms with van der Waals surface area (Å²) in [6.07, 6.45) is 1.56. The van der Waals surface area contributed by atoms with Crippen molar-refractivity contribution in [1.29, 1.82) is 0 Å². The molecule has 1 aliphatic carbocycles. The molecule has 4 rings (SSSR count). The number of nitrogens with zero attached hydrogens (tertiary/aromatic N) is 1. The number of hydrogen-bond acceptors (Lipinski definition) is 5. The van der Waals surface area contributed by atoms with Crippen molar-refractivity contribution in [2.24, 2.45) is 5.73 Å². The van der Waals surface area contributed by atoms with E-state index >= 15 is 0 Å². The molecule has 34 heavy (non-hydrogen) atoms. The first-order valence-corrected chi connectivity index (χ1v) is 11.6. The van der Waals surface area contributed by atoms with Crippen molar-refractivity contribution >= 4 is 5.91 Å². The summed E-state index contributed by atoms with van der Waals surface area (Å²) in [5, 5.41) is 11.1. The molecule has 178 valence electrons. The van der Waals surface area contributed by atoms with E-state index in [2.05, 4.69) is 29.2 Å². The number of aliphatic hydroxyl groups excluding tert-OH is 1. The second-order valence-electron chi connectivity index (χ2n) is 8.82. The maximum absolute atomic E-state index is 11.8. The Morgan fingerprint density at radius 1 is 1.00 bits per heavy atom. The summed E-state index contributed by atoms with van der Waals surface area (Å²) in [4.78, 5) is 14.2. The minimum absolute atomic E-state index is 0.255. The van der Waals surface area contributed by atoms with Crippen LogP contribution < -0.4 is 15.2 Å². The minimum atomic E-state index is -0.659. The molecule has 6 nitrogen and oxygen atoms in total. The fourth-order valence-corrected chi connectivity index (χ4v) is 4.87. The van der Waals surface area contributed by atoms with Crippen LogP contribution in [0.3, 0.4) is 0 Å². The normalized spacial score (nSPS) is 14.1. The summed E-state index contributed by atoms with van der Waals surface area (Å²) in [5.74, 6) is 1.02. The van der Waals surface area contributed by atoms with Crippen molar-refractivity contribution in [2.45, 2.75) is 38.0 Å². The molecular weight excluding hydrogens is 428 g/mol. The average Bonchev–Trinajstić information content (AvgIpc) is 3.28. The van der Waals surface area contributed by atoms with Gasteiger partial charge in [-0.1, -0.05) is 48.5 Å². The molecule has 3 aromatic carbocycles. The number of aliphatic hydroxyl groups is 1. The molecule has 0 fully saturated rings. The number of carbonyl (C=O) groups excluding carboxylic acids is 1. The van der Waals surface area contributed by atoms with Gasteiger partial charge >= 0.3 is 0 Å². The lowest BCUT2D eigenvalue weighted by Crippen LogP contribution is -2.41. The molecule has 6 heteroatoms. The van der Waals surface area contributed by atoms with Gasteiger partial charge in [0.2, 0.25) is 5.91 Å². The van der Waals surface area contributed by atoms with Crippen LogP contribution in [-0.2, 0) is 25.8 Å². The van der Waals surface area contributed by atoms with E-state index < -0.39 is 12.0 Å². The Morgan fingerprint density at radius 3 is 2.32 bits per heavy atom. The number of primary amides is 1. The van der Waals surface area contributed by atoms with Gasteiger partial charge in [0, 0.05) is 42.7 Å². The van der Waals surface area contributed by atoms with Gasteiger partial charge < -0.3 is 20.3 Å². The van der Waals surface area contributed by atoms with Crippen LogP contribution in [0, 0.1) is 0 Å². The first kappa shape index (κ1) is 23.8. The van der Waals surface area contributed by atoms with Gasteiger partial charge in [0.15, 0.2) is 0 Å². The molecule has 3 N–H and O–H groups in total. The Bertz CT molecular complexity index is 1120. The molecule has 0 radical (unpaired) electrons. The average molecular weight is 461 g/mol. The third-order valence-corrected chi connectivity index (χ3v) is 6.60. The van der Waals surface area contributed by atoms with Gasteiger partial charge in [-0.15, -0.1) is 0 Å². The van der Waals surface area contributed by atoms with Crippen molar-refractivity contribution in [2.75, 3.05) is 20.8 Å².